The lowest BCUT2D eigenvalue weighted by Gasteiger charge is -2.26. The third-order valence-electron chi connectivity index (χ3n) is 2.80. The van der Waals surface area contributed by atoms with Crippen molar-refractivity contribution in [2.45, 2.75) is 52.1 Å². The molecule has 0 saturated heterocycles. The molecule has 0 amide bonds. The van der Waals surface area contributed by atoms with Crippen molar-refractivity contribution in [3.63, 3.8) is 0 Å². The molecule has 0 unspecified atom stereocenters. The van der Waals surface area contributed by atoms with E-state index in [2.05, 4.69) is 26.2 Å². The van der Waals surface area contributed by atoms with E-state index in [1.54, 1.807) is 0 Å². The van der Waals surface area contributed by atoms with Gasteiger partial charge in [0.15, 0.2) is 0 Å². The van der Waals surface area contributed by atoms with Gasteiger partial charge in [0.1, 0.15) is 0 Å². The van der Waals surface area contributed by atoms with Crippen LogP contribution in [0.3, 0.4) is 0 Å². The van der Waals surface area contributed by atoms with Crippen molar-refractivity contribution in [1.29, 1.82) is 0 Å². The molecule has 2 nitrogen and oxygen atoms in total. The molecule has 0 aromatic carbocycles. The Balaban J connectivity index is 4.22. The van der Waals surface area contributed by atoms with Gasteiger partial charge in [-0.2, -0.15) is 0 Å². The summed E-state index contributed by atoms with van der Waals surface area (Å²) in [7, 11) is -1.19. The second-order valence-corrected chi connectivity index (χ2v) is 11.8. The SMILES string of the molecule is C=C(C[Si](C)(C)C)[C@@H](O)[C@@H](C)C[C@@H](C)CO. The normalized spacial score (nSPS) is 17.9. The van der Waals surface area contributed by atoms with Gasteiger partial charge in [-0.25, -0.2) is 0 Å². The van der Waals surface area contributed by atoms with E-state index in [1.807, 2.05) is 13.8 Å². The van der Waals surface area contributed by atoms with Gasteiger partial charge in [-0.05, 0) is 24.3 Å². The second-order valence-electron chi connectivity index (χ2n) is 6.34. The van der Waals surface area contributed by atoms with E-state index in [4.69, 9.17) is 5.11 Å². The van der Waals surface area contributed by atoms with Gasteiger partial charge in [0.05, 0.1) is 6.10 Å². The van der Waals surface area contributed by atoms with E-state index >= 15 is 0 Å². The minimum Gasteiger partial charge on any atom is -0.396 e. The summed E-state index contributed by atoms with van der Waals surface area (Å²) in [5, 5.41) is 19.1. The number of hydrogen-bond donors (Lipinski definition) is 2. The van der Waals surface area contributed by atoms with Crippen LogP contribution in [0.15, 0.2) is 12.2 Å². The lowest BCUT2D eigenvalue weighted by molar-refractivity contribution is 0.122. The maximum absolute atomic E-state index is 10.1. The molecule has 0 spiro atoms. The summed E-state index contributed by atoms with van der Waals surface area (Å²) in [5.41, 5.74) is 0.969. The summed E-state index contributed by atoms with van der Waals surface area (Å²) in [4.78, 5) is 0. The zero-order chi connectivity index (χ0) is 12.9. The van der Waals surface area contributed by atoms with E-state index in [0.717, 1.165) is 18.0 Å². The van der Waals surface area contributed by atoms with Gasteiger partial charge in [-0.1, -0.05) is 45.6 Å². The molecule has 0 aromatic heterocycles. The van der Waals surface area contributed by atoms with Crippen LogP contribution in [-0.2, 0) is 0 Å². The van der Waals surface area contributed by atoms with Crippen LogP contribution >= 0.6 is 0 Å². The van der Waals surface area contributed by atoms with Crippen molar-refractivity contribution >= 4 is 8.07 Å². The van der Waals surface area contributed by atoms with Gasteiger partial charge in [0.2, 0.25) is 0 Å². The largest absolute Gasteiger partial charge is 0.396 e. The first-order chi connectivity index (χ1) is 7.17. The third kappa shape index (κ3) is 6.46. The topological polar surface area (TPSA) is 40.5 Å². The fraction of sp³-hybridized carbons (Fsp3) is 0.846. The Bertz CT molecular complexity index is 220. The highest BCUT2D eigenvalue weighted by Gasteiger charge is 2.23. The second kappa shape index (κ2) is 6.57. The van der Waals surface area contributed by atoms with Crippen molar-refractivity contribution in [2.75, 3.05) is 6.61 Å². The molecule has 0 heterocycles. The highest BCUT2D eigenvalue weighted by atomic mass is 28.3. The smallest absolute Gasteiger partial charge is 0.0770 e. The average molecular weight is 244 g/mol. The Hall–Kier alpha value is -0.123. The molecule has 2 N–H and O–H groups in total. The van der Waals surface area contributed by atoms with Crippen molar-refractivity contribution in [2.24, 2.45) is 11.8 Å². The molecule has 0 saturated carbocycles. The molecular weight excluding hydrogens is 216 g/mol. The summed E-state index contributed by atoms with van der Waals surface area (Å²) >= 11 is 0. The summed E-state index contributed by atoms with van der Waals surface area (Å²) in [6.45, 7) is 15.1. The average Bonchev–Trinajstić information content (AvgIpc) is 2.13. The zero-order valence-electron chi connectivity index (χ0n) is 11.5. The zero-order valence-corrected chi connectivity index (χ0v) is 12.5. The summed E-state index contributed by atoms with van der Waals surface area (Å²) in [6.07, 6.45) is 0.434. The maximum atomic E-state index is 10.1. The molecule has 3 atom stereocenters. The molecular formula is C13H28O2Si. The number of hydrogen-bond acceptors (Lipinski definition) is 2. The highest BCUT2D eigenvalue weighted by molar-refractivity contribution is 6.76. The molecule has 0 aromatic rings. The molecule has 0 radical (unpaired) electrons. The molecule has 0 aliphatic rings. The molecule has 0 fully saturated rings. The predicted molar refractivity (Wildman–Crippen MR) is 73.3 cm³/mol. The van der Waals surface area contributed by atoms with Gasteiger partial charge < -0.3 is 10.2 Å². The lowest BCUT2D eigenvalue weighted by atomic mass is 9.90. The fourth-order valence-electron chi connectivity index (χ4n) is 2.03. The number of rotatable bonds is 7. The molecule has 0 aliphatic carbocycles. The quantitative estimate of drug-likeness (QED) is 0.534. The van der Waals surface area contributed by atoms with Crippen LogP contribution in [0.5, 0.6) is 0 Å². The predicted octanol–water partition coefficient (Wildman–Crippen LogP) is 2.90. The standard InChI is InChI=1S/C13H28O2Si/c1-10(8-14)7-11(2)13(15)12(3)9-16(4,5)6/h10-11,13-15H,3,7-9H2,1-2,4-6H3/t10-,11+,13+/m1/s1. The van der Waals surface area contributed by atoms with Crippen molar-refractivity contribution < 1.29 is 10.2 Å². The first-order valence-electron chi connectivity index (χ1n) is 6.14. The fourth-order valence-corrected chi connectivity index (χ4v) is 3.60. The van der Waals surface area contributed by atoms with E-state index in [1.165, 1.54) is 0 Å². The van der Waals surface area contributed by atoms with Gasteiger partial charge in [0.25, 0.3) is 0 Å². The van der Waals surface area contributed by atoms with Crippen LogP contribution in [0, 0.1) is 11.8 Å². The molecule has 3 heteroatoms. The number of aliphatic hydroxyl groups is 2. The van der Waals surface area contributed by atoms with E-state index < -0.39 is 14.2 Å². The van der Waals surface area contributed by atoms with Crippen LogP contribution in [-0.4, -0.2) is 31.0 Å². The monoisotopic (exact) mass is 244 g/mol. The van der Waals surface area contributed by atoms with Crippen LogP contribution in [0.25, 0.3) is 0 Å². The minimum absolute atomic E-state index is 0.186. The van der Waals surface area contributed by atoms with Gasteiger partial charge in [-0.15, -0.1) is 0 Å². The molecule has 96 valence electrons. The molecule has 0 rings (SSSR count). The Labute approximate surface area is 101 Å². The van der Waals surface area contributed by atoms with E-state index in [-0.39, 0.29) is 18.4 Å². The van der Waals surface area contributed by atoms with Crippen molar-refractivity contribution in [3.8, 4) is 0 Å². The first-order valence-corrected chi connectivity index (χ1v) is 9.84. The van der Waals surface area contributed by atoms with Crippen LogP contribution in [0.1, 0.15) is 20.3 Å². The maximum Gasteiger partial charge on any atom is 0.0770 e. The van der Waals surface area contributed by atoms with Crippen molar-refractivity contribution in [1.82, 2.24) is 0 Å². The van der Waals surface area contributed by atoms with Crippen LogP contribution < -0.4 is 0 Å². The van der Waals surface area contributed by atoms with Gasteiger partial charge >= 0.3 is 0 Å². The summed E-state index contributed by atoms with van der Waals surface area (Å²) in [6, 6.07) is 0.978. The van der Waals surface area contributed by atoms with Gasteiger partial charge in [-0.3, -0.25) is 0 Å². The summed E-state index contributed by atoms with van der Waals surface area (Å²) in [5.74, 6) is 0.440. The lowest BCUT2D eigenvalue weighted by Crippen LogP contribution is -2.28. The Morgan fingerprint density at radius 1 is 1.25 bits per heavy atom. The number of aliphatic hydroxyl groups excluding tert-OH is 2. The molecule has 0 bridgehead atoms. The highest BCUT2D eigenvalue weighted by Crippen LogP contribution is 2.25. The Kier molecular flexibility index (Phi) is 6.52. The third-order valence-corrected chi connectivity index (χ3v) is 4.32. The van der Waals surface area contributed by atoms with Gasteiger partial charge in [0, 0.05) is 14.7 Å². The Morgan fingerprint density at radius 2 is 1.75 bits per heavy atom. The summed E-state index contributed by atoms with van der Waals surface area (Å²) < 4.78 is 0. The van der Waals surface area contributed by atoms with Crippen molar-refractivity contribution in [3.05, 3.63) is 12.2 Å². The molecule has 16 heavy (non-hydrogen) atoms. The van der Waals surface area contributed by atoms with E-state index in [0.29, 0.717) is 0 Å². The van der Waals surface area contributed by atoms with Crippen LogP contribution in [0.4, 0.5) is 0 Å². The Morgan fingerprint density at radius 3 is 2.12 bits per heavy atom. The van der Waals surface area contributed by atoms with E-state index in [9.17, 15) is 5.11 Å². The van der Waals surface area contributed by atoms with Crippen LogP contribution in [0.2, 0.25) is 25.7 Å². The first kappa shape index (κ1) is 15.9. The minimum atomic E-state index is -1.19. The molecule has 0 aliphatic heterocycles.